The molecule has 0 saturated carbocycles. The lowest BCUT2D eigenvalue weighted by Crippen LogP contribution is -2.11. The molecule has 0 spiro atoms. The Morgan fingerprint density at radius 2 is 1.95 bits per heavy atom. The summed E-state index contributed by atoms with van der Waals surface area (Å²) in [6, 6.07) is 16.1. The second kappa shape index (κ2) is 9.96. The number of carbonyl (C=O) groups is 1. The molecule has 0 radical (unpaired) electrons. The number of ether oxygens (including phenoxy) is 1. The van der Waals surface area contributed by atoms with Crippen LogP contribution in [0.2, 0.25) is 5.02 Å². The second-order valence-electron chi connectivity index (χ2n) is 8.68. The normalized spacial score (nSPS) is 10.8. The van der Waals surface area contributed by atoms with Crippen molar-refractivity contribution in [2.75, 3.05) is 11.1 Å². The molecule has 5 rings (SSSR count). The zero-order chi connectivity index (χ0) is 27.8. The summed E-state index contributed by atoms with van der Waals surface area (Å²) in [4.78, 5) is 16.0. The van der Waals surface area contributed by atoms with Gasteiger partial charge in [0.15, 0.2) is 5.83 Å². The lowest BCUT2D eigenvalue weighted by molar-refractivity contribution is -0.114. The summed E-state index contributed by atoms with van der Waals surface area (Å²) in [6.07, 6.45) is 3.21. The molecule has 0 aliphatic carbocycles. The summed E-state index contributed by atoms with van der Waals surface area (Å²) in [5.74, 6) is -0.798. The summed E-state index contributed by atoms with van der Waals surface area (Å²) >= 11 is 6.70. The van der Waals surface area contributed by atoms with Crippen LogP contribution in [0.5, 0.6) is 11.6 Å². The molecule has 3 heterocycles. The number of nitrogens with zero attached hydrogens (tertiary/aromatic N) is 5. The van der Waals surface area contributed by atoms with Crippen LogP contribution in [-0.4, -0.2) is 25.2 Å². The zero-order valence-corrected chi connectivity index (χ0v) is 21.6. The smallest absolute Gasteiger partial charge is 0.283 e. The molecule has 2 aromatic carbocycles. The Morgan fingerprint density at radius 3 is 2.56 bits per heavy atom. The molecule has 0 aliphatic heterocycles. The second-order valence-corrected chi connectivity index (χ2v) is 9.09. The Labute approximate surface area is 227 Å². The van der Waals surface area contributed by atoms with Gasteiger partial charge < -0.3 is 20.4 Å². The predicted molar refractivity (Wildman–Crippen MR) is 148 cm³/mol. The number of benzene rings is 2. The number of aryl methyl sites for hydroxylation is 2. The molecule has 11 heteroatoms. The van der Waals surface area contributed by atoms with Crippen molar-refractivity contribution in [2.24, 2.45) is 14.1 Å². The lowest BCUT2D eigenvalue weighted by Gasteiger charge is -2.13. The summed E-state index contributed by atoms with van der Waals surface area (Å²) in [5.41, 5.74) is 10.3. The topological polar surface area (TPSA) is 124 Å². The number of amides is 1. The van der Waals surface area contributed by atoms with E-state index in [-0.39, 0.29) is 10.8 Å². The average molecular weight is 542 g/mol. The number of fused-ring (bicyclic) bond motifs is 1. The molecule has 0 saturated heterocycles. The van der Waals surface area contributed by atoms with Gasteiger partial charge in [-0.25, -0.2) is 9.37 Å². The SMILES string of the molecule is C=C(F)C(=O)Nc1ccc(-c2c(-c3ccc(Oc4ccn(C)n4)cc3)c3c(N)ncc(C#N)c3n2C)c(Cl)c1. The summed E-state index contributed by atoms with van der Waals surface area (Å²) < 4.78 is 22.5. The number of hydrogen-bond acceptors (Lipinski definition) is 6. The third-order valence-corrected chi connectivity index (χ3v) is 6.45. The van der Waals surface area contributed by atoms with Crippen LogP contribution in [0, 0.1) is 11.3 Å². The first-order chi connectivity index (χ1) is 18.7. The first-order valence-corrected chi connectivity index (χ1v) is 12.0. The van der Waals surface area contributed by atoms with E-state index < -0.39 is 11.7 Å². The fourth-order valence-electron chi connectivity index (χ4n) is 4.43. The largest absolute Gasteiger partial charge is 0.438 e. The molecule has 1 amide bonds. The third kappa shape index (κ3) is 4.67. The maximum absolute atomic E-state index is 13.2. The van der Waals surface area contributed by atoms with Crippen molar-refractivity contribution >= 4 is 39.9 Å². The summed E-state index contributed by atoms with van der Waals surface area (Å²) in [5, 5.41) is 17.3. The molecule has 39 heavy (non-hydrogen) atoms. The number of hydrogen-bond donors (Lipinski definition) is 2. The minimum Gasteiger partial charge on any atom is -0.438 e. The van der Waals surface area contributed by atoms with Gasteiger partial charge in [-0.3, -0.25) is 9.48 Å². The van der Waals surface area contributed by atoms with Gasteiger partial charge >= 0.3 is 0 Å². The number of nitrogens with two attached hydrogens (primary N) is 1. The van der Waals surface area contributed by atoms with E-state index in [4.69, 9.17) is 22.1 Å². The van der Waals surface area contributed by atoms with Gasteiger partial charge in [-0.15, -0.1) is 5.10 Å². The first kappa shape index (κ1) is 25.5. The maximum Gasteiger partial charge on any atom is 0.283 e. The first-order valence-electron chi connectivity index (χ1n) is 11.6. The van der Waals surface area contributed by atoms with Gasteiger partial charge in [-0.2, -0.15) is 5.26 Å². The van der Waals surface area contributed by atoms with Crippen LogP contribution in [0.3, 0.4) is 0 Å². The van der Waals surface area contributed by atoms with E-state index in [0.29, 0.717) is 50.6 Å². The van der Waals surface area contributed by atoms with E-state index in [2.05, 4.69) is 28.0 Å². The van der Waals surface area contributed by atoms with Crippen molar-refractivity contribution in [3.8, 4) is 40.1 Å². The van der Waals surface area contributed by atoms with Crippen molar-refractivity contribution in [3.63, 3.8) is 0 Å². The van der Waals surface area contributed by atoms with Crippen LogP contribution in [0.4, 0.5) is 15.9 Å². The highest BCUT2D eigenvalue weighted by atomic mass is 35.5. The van der Waals surface area contributed by atoms with Gasteiger partial charge in [0.05, 0.1) is 27.2 Å². The maximum atomic E-state index is 13.2. The van der Waals surface area contributed by atoms with Gasteiger partial charge in [0, 0.05) is 49.4 Å². The molecule has 0 bridgehead atoms. The highest BCUT2D eigenvalue weighted by Gasteiger charge is 2.25. The van der Waals surface area contributed by atoms with Crippen molar-refractivity contribution < 1.29 is 13.9 Å². The number of halogens is 2. The van der Waals surface area contributed by atoms with Crippen LogP contribution in [0.25, 0.3) is 33.3 Å². The lowest BCUT2D eigenvalue weighted by atomic mass is 9.97. The number of anilines is 2. The molecule has 194 valence electrons. The van der Waals surface area contributed by atoms with E-state index in [1.807, 2.05) is 16.7 Å². The monoisotopic (exact) mass is 541 g/mol. The fourth-order valence-corrected chi connectivity index (χ4v) is 4.70. The van der Waals surface area contributed by atoms with Crippen LogP contribution >= 0.6 is 11.6 Å². The van der Waals surface area contributed by atoms with Crippen LogP contribution in [0.15, 0.2) is 73.3 Å². The van der Waals surface area contributed by atoms with Crippen LogP contribution < -0.4 is 15.8 Å². The van der Waals surface area contributed by atoms with Crippen molar-refractivity contribution in [3.05, 3.63) is 83.9 Å². The quantitative estimate of drug-likeness (QED) is 0.255. The molecular formula is C28H21ClFN7O2. The van der Waals surface area contributed by atoms with Gasteiger partial charge in [-0.1, -0.05) is 30.3 Å². The zero-order valence-electron chi connectivity index (χ0n) is 20.9. The van der Waals surface area contributed by atoms with Gasteiger partial charge in [-0.05, 0) is 35.9 Å². The Morgan fingerprint density at radius 1 is 1.21 bits per heavy atom. The molecular weight excluding hydrogens is 521 g/mol. The Balaban J connectivity index is 1.68. The molecule has 3 N–H and O–H groups in total. The minimum atomic E-state index is -1.12. The molecule has 0 fully saturated rings. The number of carbonyl (C=O) groups excluding carboxylic acids is 1. The van der Waals surface area contributed by atoms with E-state index >= 15 is 0 Å². The number of nitrogen functional groups attached to an aromatic ring is 1. The van der Waals surface area contributed by atoms with Crippen LogP contribution in [0.1, 0.15) is 5.56 Å². The Hall–Kier alpha value is -5.14. The van der Waals surface area contributed by atoms with Crippen molar-refractivity contribution in [1.29, 1.82) is 5.26 Å². The van der Waals surface area contributed by atoms with Gasteiger partial charge in [0.1, 0.15) is 17.6 Å². The van der Waals surface area contributed by atoms with Crippen LogP contribution in [-0.2, 0) is 18.9 Å². The highest BCUT2D eigenvalue weighted by molar-refractivity contribution is 6.34. The standard InChI is InChI=1S/C28H21ClFN7O2/c1-15(30)28(38)34-18-6-9-20(21(29)12-18)26-23(24-25(37(26)3)17(13-31)14-33-27(24)32)16-4-7-19(8-5-16)39-22-10-11-36(2)35-22/h4-12,14H,1H2,2-3H3,(H2,32,33)(H,34,38). The number of pyridine rings is 1. The van der Waals surface area contributed by atoms with E-state index in [0.717, 1.165) is 5.56 Å². The van der Waals surface area contributed by atoms with Crippen molar-refractivity contribution in [2.45, 2.75) is 0 Å². The molecule has 0 aliphatic rings. The summed E-state index contributed by atoms with van der Waals surface area (Å²) in [6.45, 7) is 3.00. The molecule has 0 unspecified atom stereocenters. The molecule has 9 nitrogen and oxygen atoms in total. The Bertz CT molecular complexity index is 1820. The van der Waals surface area contributed by atoms with E-state index in [1.165, 1.54) is 12.3 Å². The number of rotatable bonds is 6. The van der Waals surface area contributed by atoms with E-state index in [9.17, 15) is 14.4 Å². The van der Waals surface area contributed by atoms with E-state index in [1.54, 1.807) is 55.3 Å². The van der Waals surface area contributed by atoms with Gasteiger partial charge in [0.2, 0.25) is 5.88 Å². The molecule has 0 atom stereocenters. The third-order valence-electron chi connectivity index (χ3n) is 6.14. The number of nitriles is 1. The predicted octanol–water partition coefficient (Wildman–Crippen LogP) is 5.96. The van der Waals surface area contributed by atoms with Crippen molar-refractivity contribution in [1.82, 2.24) is 19.3 Å². The highest BCUT2D eigenvalue weighted by Crippen LogP contribution is 2.45. The summed E-state index contributed by atoms with van der Waals surface area (Å²) in [7, 11) is 3.61. The Kier molecular flexibility index (Phi) is 6.52. The minimum absolute atomic E-state index is 0.246. The molecule has 5 aromatic rings. The molecule has 3 aromatic heterocycles. The number of nitrogens with one attached hydrogen (secondary N) is 1. The number of aromatic nitrogens is 4. The fraction of sp³-hybridized carbons (Fsp3) is 0.0714. The average Bonchev–Trinajstić information content (AvgIpc) is 3.45. The van der Waals surface area contributed by atoms with Gasteiger partial charge in [0.25, 0.3) is 5.91 Å².